The zero-order valence-corrected chi connectivity index (χ0v) is 22.0. The van der Waals surface area contributed by atoms with Crippen LogP contribution < -0.4 is 16.3 Å². The van der Waals surface area contributed by atoms with Gasteiger partial charge in [0.2, 0.25) is 15.7 Å². The van der Waals surface area contributed by atoms with E-state index in [1.807, 2.05) is 36.4 Å². The maximum atomic E-state index is 14.1. The zero-order chi connectivity index (χ0) is 26.9. The quantitative estimate of drug-likeness (QED) is 0.370. The minimum absolute atomic E-state index is 0.0155. The summed E-state index contributed by atoms with van der Waals surface area (Å²) in [5.41, 5.74) is 7.81. The number of rotatable bonds is 6. The Hall–Kier alpha value is -4.08. The molecule has 2 heterocycles. The molecule has 1 aromatic heterocycles. The van der Waals surface area contributed by atoms with Crippen LogP contribution >= 0.6 is 11.8 Å². The molecule has 2 N–H and O–H groups in total. The molecular formula is C29H24N2O5S2. The highest BCUT2D eigenvalue weighted by Gasteiger charge is 2.40. The van der Waals surface area contributed by atoms with Crippen molar-refractivity contribution >= 4 is 50.1 Å². The molecule has 0 amide bonds. The highest BCUT2D eigenvalue weighted by Crippen LogP contribution is 2.40. The van der Waals surface area contributed by atoms with E-state index in [-0.39, 0.29) is 37.7 Å². The molecule has 7 nitrogen and oxygen atoms in total. The number of carbonyl (C=O) groups is 2. The van der Waals surface area contributed by atoms with E-state index in [2.05, 4.69) is 0 Å². The molecule has 0 fully saturated rings. The smallest absolute Gasteiger partial charge is 0.346 e. The van der Waals surface area contributed by atoms with Crippen molar-refractivity contribution < 1.29 is 22.7 Å². The van der Waals surface area contributed by atoms with Crippen molar-refractivity contribution in [2.45, 2.75) is 22.1 Å². The molecule has 5 rings (SSSR count). The number of nitrogens with zero attached hydrogens (tertiary/aromatic N) is 1. The number of hydrogen-bond donors (Lipinski definition) is 1. The number of benzene rings is 3. The van der Waals surface area contributed by atoms with Gasteiger partial charge in [0.05, 0.1) is 22.5 Å². The van der Waals surface area contributed by atoms with E-state index in [1.165, 1.54) is 12.1 Å². The van der Waals surface area contributed by atoms with Gasteiger partial charge >= 0.3 is 5.97 Å². The summed E-state index contributed by atoms with van der Waals surface area (Å²) in [4.78, 5) is 27.5. The van der Waals surface area contributed by atoms with Gasteiger partial charge in [0, 0.05) is 5.22 Å². The second-order valence-corrected chi connectivity index (χ2v) is 11.5. The van der Waals surface area contributed by atoms with Gasteiger partial charge in [0.25, 0.3) is 0 Å². The Balaban J connectivity index is 1.93. The summed E-state index contributed by atoms with van der Waals surface area (Å²) in [6.45, 7) is 1.79. The van der Waals surface area contributed by atoms with E-state index < -0.39 is 27.0 Å². The van der Waals surface area contributed by atoms with Crippen molar-refractivity contribution in [3.63, 3.8) is 0 Å². The molecule has 192 valence electrons. The largest absolute Gasteiger partial charge is 0.462 e. The summed E-state index contributed by atoms with van der Waals surface area (Å²) >= 11 is 1.04. The first-order valence-electron chi connectivity index (χ1n) is 11.9. The predicted octanol–water partition coefficient (Wildman–Crippen LogP) is 3.53. The van der Waals surface area contributed by atoms with Gasteiger partial charge in [0.1, 0.15) is 10.2 Å². The van der Waals surface area contributed by atoms with Gasteiger partial charge in [-0.3, -0.25) is 9.36 Å². The number of ether oxygens (including phenoxy) is 1. The van der Waals surface area contributed by atoms with Crippen LogP contribution in [0.3, 0.4) is 0 Å². The molecular weight excluding hydrogens is 520 g/mol. The first-order valence-corrected chi connectivity index (χ1v) is 14.2. The normalized spacial score (nSPS) is 15.8. The lowest BCUT2D eigenvalue weighted by atomic mass is 10.1. The number of nitrogen functional groups attached to an aromatic ring is 1. The minimum atomic E-state index is -4.26. The molecule has 1 aliphatic rings. The van der Waals surface area contributed by atoms with Crippen LogP contribution in [0.4, 0.5) is 5.69 Å². The Labute approximate surface area is 224 Å². The van der Waals surface area contributed by atoms with Crippen molar-refractivity contribution in [3.8, 4) is 0 Å². The highest BCUT2D eigenvalue weighted by atomic mass is 32.2. The maximum absolute atomic E-state index is 14.1. The molecule has 3 aromatic carbocycles. The SMILES string of the molecule is CCOC(=O)C1=c2/c(=C/c3ccccc3)c(N)c(S(=O)(=O)c3ccccc3)n2C(=O)C(c2ccccc2)S1. The molecule has 9 heteroatoms. The molecule has 1 unspecified atom stereocenters. The highest BCUT2D eigenvalue weighted by molar-refractivity contribution is 8.10. The van der Waals surface area contributed by atoms with Crippen molar-refractivity contribution in [1.82, 2.24) is 4.57 Å². The molecule has 0 radical (unpaired) electrons. The third kappa shape index (κ3) is 4.44. The van der Waals surface area contributed by atoms with Gasteiger partial charge in [-0.25, -0.2) is 13.2 Å². The number of hydrogen-bond acceptors (Lipinski definition) is 7. The number of sulfone groups is 1. The van der Waals surface area contributed by atoms with E-state index in [0.717, 1.165) is 21.9 Å². The van der Waals surface area contributed by atoms with E-state index >= 15 is 0 Å². The number of fused-ring (bicyclic) bond motifs is 1. The number of esters is 1. The number of carbonyl (C=O) groups excluding carboxylic acids is 2. The fraction of sp³-hybridized carbons (Fsp3) is 0.103. The Bertz CT molecular complexity index is 1750. The van der Waals surface area contributed by atoms with E-state index in [1.54, 1.807) is 55.5 Å². The number of thioether (sulfide) groups is 1. The standard InChI is InChI=1S/C29H24N2O5S2/c1-2-36-29(33)26-24-22(18-19-12-6-3-7-13-19)23(30)28(38(34,35)21-16-10-5-11-17-21)31(24)27(32)25(37-26)20-14-8-4-9-15-20/h3-18,25H,2,30H2,1H3/b22-18+. The van der Waals surface area contributed by atoms with E-state index in [4.69, 9.17) is 10.5 Å². The van der Waals surface area contributed by atoms with Crippen LogP contribution in [-0.2, 0) is 19.4 Å². The van der Waals surface area contributed by atoms with Gasteiger partial charge in [-0.05, 0) is 36.3 Å². The Morgan fingerprint density at radius 1 is 0.974 bits per heavy atom. The summed E-state index contributed by atoms with van der Waals surface area (Å²) in [6, 6.07) is 25.8. The first kappa shape index (κ1) is 25.6. The topological polar surface area (TPSA) is 108 Å². The van der Waals surface area contributed by atoms with Gasteiger partial charge in [0.15, 0.2) is 5.03 Å². The first-order chi connectivity index (χ1) is 18.3. The Morgan fingerprint density at radius 2 is 1.55 bits per heavy atom. The fourth-order valence-corrected chi connectivity index (χ4v) is 7.14. The molecule has 0 saturated heterocycles. The monoisotopic (exact) mass is 544 g/mol. The fourth-order valence-electron chi connectivity index (χ4n) is 4.38. The molecule has 38 heavy (non-hydrogen) atoms. The van der Waals surface area contributed by atoms with Crippen LogP contribution in [-0.4, -0.2) is 31.5 Å². The minimum Gasteiger partial charge on any atom is -0.462 e. The van der Waals surface area contributed by atoms with Crippen LogP contribution in [0.25, 0.3) is 11.0 Å². The molecule has 1 aliphatic heterocycles. The van der Waals surface area contributed by atoms with Crippen LogP contribution in [0.1, 0.15) is 28.1 Å². The summed E-state index contributed by atoms with van der Waals surface area (Å²) in [6.07, 6.45) is 1.68. The van der Waals surface area contributed by atoms with E-state index in [9.17, 15) is 18.0 Å². The van der Waals surface area contributed by atoms with Gasteiger partial charge < -0.3 is 10.5 Å². The van der Waals surface area contributed by atoms with Crippen LogP contribution in [0.5, 0.6) is 0 Å². The van der Waals surface area contributed by atoms with E-state index in [0.29, 0.717) is 5.56 Å². The number of aromatic nitrogens is 1. The molecule has 0 spiro atoms. The lowest BCUT2D eigenvalue weighted by molar-refractivity contribution is -0.135. The van der Waals surface area contributed by atoms with Gasteiger partial charge in [-0.1, -0.05) is 90.6 Å². The lowest BCUT2D eigenvalue weighted by Gasteiger charge is -2.23. The Morgan fingerprint density at radius 3 is 2.16 bits per heavy atom. The lowest BCUT2D eigenvalue weighted by Crippen LogP contribution is -2.42. The van der Waals surface area contributed by atoms with Crippen molar-refractivity contribution in [3.05, 3.63) is 113 Å². The average molecular weight is 545 g/mol. The van der Waals surface area contributed by atoms with Gasteiger partial charge in [-0.15, -0.1) is 0 Å². The number of anilines is 1. The summed E-state index contributed by atoms with van der Waals surface area (Å²) in [5, 5.41) is -0.874. The molecule has 0 aliphatic carbocycles. The summed E-state index contributed by atoms with van der Waals surface area (Å²) < 4.78 is 34.4. The van der Waals surface area contributed by atoms with Crippen LogP contribution in [0.2, 0.25) is 0 Å². The molecule has 4 aromatic rings. The second-order valence-electron chi connectivity index (χ2n) is 8.48. The van der Waals surface area contributed by atoms with Crippen molar-refractivity contribution in [1.29, 1.82) is 0 Å². The molecule has 0 saturated carbocycles. The van der Waals surface area contributed by atoms with Crippen LogP contribution in [0, 0.1) is 0 Å². The third-order valence-electron chi connectivity index (χ3n) is 6.08. The third-order valence-corrected chi connectivity index (χ3v) is 9.19. The molecule has 1 atom stereocenters. The zero-order valence-electron chi connectivity index (χ0n) is 20.4. The summed E-state index contributed by atoms with van der Waals surface area (Å²) in [7, 11) is -4.26. The predicted molar refractivity (Wildman–Crippen MR) is 147 cm³/mol. The average Bonchev–Trinajstić information content (AvgIpc) is 3.23. The van der Waals surface area contributed by atoms with Gasteiger partial charge in [-0.2, -0.15) is 0 Å². The Kier molecular flexibility index (Phi) is 6.96. The van der Waals surface area contributed by atoms with Crippen molar-refractivity contribution in [2.75, 3.05) is 12.3 Å². The van der Waals surface area contributed by atoms with Crippen molar-refractivity contribution in [2.24, 2.45) is 0 Å². The second kappa shape index (κ2) is 10.4. The van der Waals surface area contributed by atoms with Crippen LogP contribution in [0.15, 0.2) is 101 Å². The molecule has 0 bridgehead atoms. The maximum Gasteiger partial charge on any atom is 0.346 e. The summed E-state index contributed by atoms with van der Waals surface area (Å²) in [5.74, 6) is -1.17. The number of nitrogens with two attached hydrogens (primary N) is 1.